The van der Waals surface area contributed by atoms with Crippen molar-refractivity contribution in [2.75, 3.05) is 0 Å². The first-order valence-corrected chi connectivity index (χ1v) is 10.1. The maximum Gasteiger partial charge on any atom is 0.226 e. The third kappa shape index (κ3) is 5.00. The van der Waals surface area contributed by atoms with E-state index in [1.165, 1.54) is 0 Å². The van der Waals surface area contributed by atoms with Crippen molar-refractivity contribution in [2.24, 2.45) is 5.92 Å². The molecule has 0 spiro atoms. The number of amides is 2. The summed E-state index contributed by atoms with van der Waals surface area (Å²) in [5, 5.41) is 3.61. The van der Waals surface area contributed by atoms with Crippen molar-refractivity contribution in [2.45, 2.75) is 77.9 Å². The second-order valence-electron chi connectivity index (χ2n) is 7.48. The molecule has 144 valence electrons. The number of nitrogens with one attached hydrogen (secondary N) is 1. The molecule has 2 rings (SSSR count). The Morgan fingerprint density at radius 1 is 1.19 bits per heavy atom. The van der Waals surface area contributed by atoms with Crippen LogP contribution in [-0.4, -0.2) is 28.8 Å². The van der Waals surface area contributed by atoms with Gasteiger partial charge in [-0.05, 0) is 57.2 Å². The first-order valence-electron chi connectivity index (χ1n) is 9.74. The van der Waals surface area contributed by atoms with Crippen molar-refractivity contribution >= 4 is 23.4 Å². The Morgan fingerprint density at radius 3 is 2.35 bits per heavy atom. The molecule has 0 aliphatic carbocycles. The summed E-state index contributed by atoms with van der Waals surface area (Å²) >= 11 is 6.03. The zero-order chi connectivity index (χ0) is 19.3. The number of nitrogens with zero attached hydrogens (tertiary/aromatic N) is 1. The zero-order valence-electron chi connectivity index (χ0n) is 16.3. The molecule has 4 nitrogen and oxygen atoms in total. The second kappa shape index (κ2) is 9.40. The average Bonchev–Trinajstić information content (AvgIpc) is 2.59. The summed E-state index contributed by atoms with van der Waals surface area (Å²) < 4.78 is 0. The molecule has 0 aromatic heterocycles. The van der Waals surface area contributed by atoms with E-state index in [0.717, 1.165) is 31.2 Å². The standard InChI is InChI=1S/C21H31ClN2O2/c1-5-18(6-2)24-19(15-7-10-17(22)11-8-15)12-9-16(21(24)26)13-20(25)23-14(3)4/h7-8,10-11,14,16,18-19H,5-6,9,12-13H2,1-4H3,(H,23,25). The fourth-order valence-electron chi connectivity index (χ4n) is 3.91. The molecule has 5 heteroatoms. The molecule has 1 aromatic rings. The third-order valence-electron chi connectivity index (χ3n) is 5.20. The summed E-state index contributed by atoms with van der Waals surface area (Å²) in [6.07, 6.45) is 3.73. The molecule has 26 heavy (non-hydrogen) atoms. The quantitative estimate of drug-likeness (QED) is 0.746. The van der Waals surface area contributed by atoms with Crippen molar-refractivity contribution in [1.29, 1.82) is 0 Å². The number of rotatable bonds is 7. The molecule has 1 heterocycles. The summed E-state index contributed by atoms with van der Waals surface area (Å²) in [4.78, 5) is 27.5. The molecule has 1 aliphatic rings. The van der Waals surface area contributed by atoms with Crippen LogP contribution in [0.2, 0.25) is 5.02 Å². The highest BCUT2D eigenvalue weighted by atomic mass is 35.5. The van der Waals surface area contributed by atoms with E-state index in [9.17, 15) is 9.59 Å². The number of carbonyl (C=O) groups excluding carboxylic acids is 2. The van der Waals surface area contributed by atoms with Gasteiger partial charge in [0, 0.05) is 29.4 Å². The van der Waals surface area contributed by atoms with E-state index in [1.807, 2.05) is 43.0 Å². The lowest BCUT2D eigenvalue weighted by Gasteiger charge is -2.44. The Morgan fingerprint density at radius 2 is 1.81 bits per heavy atom. The van der Waals surface area contributed by atoms with Gasteiger partial charge in [0.15, 0.2) is 0 Å². The molecule has 1 fully saturated rings. The van der Waals surface area contributed by atoms with E-state index < -0.39 is 0 Å². The molecular weight excluding hydrogens is 348 g/mol. The lowest BCUT2D eigenvalue weighted by molar-refractivity contribution is -0.148. The summed E-state index contributed by atoms with van der Waals surface area (Å²) in [6, 6.07) is 8.15. The van der Waals surface area contributed by atoms with Crippen LogP contribution < -0.4 is 5.32 Å². The summed E-state index contributed by atoms with van der Waals surface area (Å²) in [6.45, 7) is 8.12. The zero-order valence-corrected chi connectivity index (χ0v) is 17.1. The highest BCUT2D eigenvalue weighted by Gasteiger charge is 2.39. The monoisotopic (exact) mass is 378 g/mol. The number of halogens is 1. The number of likely N-dealkylation sites (tertiary alicyclic amines) is 1. The van der Waals surface area contributed by atoms with Crippen LogP contribution in [-0.2, 0) is 9.59 Å². The van der Waals surface area contributed by atoms with E-state index >= 15 is 0 Å². The number of benzene rings is 1. The highest BCUT2D eigenvalue weighted by Crippen LogP contribution is 2.38. The van der Waals surface area contributed by atoms with E-state index in [1.54, 1.807) is 0 Å². The lowest BCUT2D eigenvalue weighted by atomic mass is 9.84. The van der Waals surface area contributed by atoms with Gasteiger partial charge in [-0.1, -0.05) is 37.6 Å². The van der Waals surface area contributed by atoms with Gasteiger partial charge >= 0.3 is 0 Å². The molecule has 1 aliphatic heterocycles. The summed E-state index contributed by atoms with van der Waals surface area (Å²) in [5.41, 5.74) is 1.12. The van der Waals surface area contributed by atoms with Gasteiger partial charge in [-0.25, -0.2) is 0 Å². The van der Waals surface area contributed by atoms with Crippen LogP contribution in [0.3, 0.4) is 0 Å². The van der Waals surface area contributed by atoms with Crippen molar-refractivity contribution in [3.05, 3.63) is 34.9 Å². The molecule has 1 N–H and O–H groups in total. The Balaban J connectivity index is 2.23. The molecule has 0 bridgehead atoms. The number of carbonyl (C=O) groups is 2. The minimum absolute atomic E-state index is 0.0345. The lowest BCUT2D eigenvalue weighted by Crippen LogP contribution is -2.49. The van der Waals surface area contributed by atoms with Crippen LogP contribution in [0.25, 0.3) is 0 Å². The average molecular weight is 379 g/mol. The van der Waals surface area contributed by atoms with Gasteiger partial charge in [0.25, 0.3) is 0 Å². The van der Waals surface area contributed by atoms with E-state index in [-0.39, 0.29) is 42.3 Å². The Kier molecular flexibility index (Phi) is 7.51. The molecule has 2 atom stereocenters. The number of piperidine rings is 1. The minimum Gasteiger partial charge on any atom is -0.354 e. The van der Waals surface area contributed by atoms with Crippen LogP contribution in [0, 0.1) is 5.92 Å². The predicted octanol–water partition coefficient (Wildman–Crippen LogP) is 4.72. The van der Waals surface area contributed by atoms with Crippen LogP contribution in [0.4, 0.5) is 0 Å². The van der Waals surface area contributed by atoms with Crippen LogP contribution >= 0.6 is 11.6 Å². The largest absolute Gasteiger partial charge is 0.354 e. The third-order valence-corrected chi connectivity index (χ3v) is 5.45. The Bertz CT molecular complexity index is 611. The fourth-order valence-corrected chi connectivity index (χ4v) is 4.03. The van der Waals surface area contributed by atoms with Crippen molar-refractivity contribution in [3.8, 4) is 0 Å². The number of hydrogen-bond donors (Lipinski definition) is 1. The molecule has 0 saturated carbocycles. The van der Waals surface area contributed by atoms with Crippen LogP contribution in [0.15, 0.2) is 24.3 Å². The Labute approximate surface area is 162 Å². The molecule has 1 saturated heterocycles. The van der Waals surface area contributed by atoms with Crippen molar-refractivity contribution in [1.82, 2.24) is 10.2 Å². The predicted molar refractivity (Wildman–Crippen MR) is 106 cm³/mol. The molecule has 0 radical (unpaired) electrons. The normalized spacial score (nSPS) is 20.7. The maximum atomic E-state index is 13.3. The van der Waals surface area contributed by atoms with E-state index in [4.69, 9.17) is 11.6 Å². The van der Waals surface area contributed by atoms with Gasteiger partial charge in [-0.2, -0.15) is 0 Å². The molecule has 2 unspecified atom stereocenters. The number of hydrogen-bond acceptors (Lipinski definition) is 2. The van der Waals surface area contributed by atoms with Gasteiger partial charge in [-0.15, -0.1) is 0 Å². The molecule has 2 amide bonds. The van der Waals surface area contributed by atoms with Crippen molar-refractivity contribution in [3.63, 3.8) is 0 Å². The van der Waals surface area contributed by atoms with Gasteiger partial charge in [0.2, 0.25) is 11.8 Å². The first-order chi connectivity index (χ1) is 12.4. The molecular formula is C21H31ClN2O2. The Hall–Kier alpha value is -1.55. The minimum atomic E-state index is -0.224. The SMILES string of the molecule is CCC(CC)N1C(=O)C(CC(=O)NC(C)C)CCC1c1ccc(Cl)cc1. The summed E-state index contributed by atoms with van der Waals surface area (Å²) in [7, 11) is 0. The van der Waals surface area contributed by atoms with Crippen LogP contribution in [0.5, 0.6) is 0 Å². The second-order valence-corrected chi connectivity index (χ2v) is 7.92. The van der Waals surface area contributed by atoms with Gasteiger partial charge < -0.3 is 10.2 Å². The van der Waals surface area contributed by atoms with E-state index in [0.29, 0.717) is 5.02 Å². The smallest absolute Gasteiger partial charge is 0.226 e. The van der Waals surface area contributed by atoms with Gasteiger partial charge in [0.05, 0.1) is 6.04 Å². The topological polar surface area (TPSA) is 49.4 Å². The first kappa shape index (κ1) is 20.8. The maximum absolute atomic E-state index is 13.3. The van der Waals surface area contributed by atoms with E-state index in [2.05, 4.69) is 19.2 Å². The molecule has 1 aromatic carbocycles. The highest BCUT2D eigenvalue weighted by molar-refractivity contribution is 6.30. The van der Waals surface area contributed by atoms with Gasteiger partial charge in [-0.3, -0.25) is 9.59 Å². The fraction of sp³-hybridized carbons (Fsp3) is 0.619. The summed E-state index contributed by atoms with van der Waals surface area (Å²) in [5.74, 6) is -0.144. The van der Waals surface area contributed by atoms with Gasteiger partial charge in [0.1, 0.15) is 0 Å². The van der Waals surface area contributed by atoms with Crippen LogP contribution in [0.1, 0.15) is 71.4 Å². The van der Waals surface area contributed by atoms with Crippen molar-refractivity contribution < 1.29 is 9.59 Å².